The van der Waals surface area contributed by atoms with Gasteiger partial charge in [-0.3, -0.25) is 9.69 Å². The van der Waals surface area contributed by atoms with Gasteiger partial charge in [0.1, 0.15) is 11.4 Å². The number of nitrogens with one attached hydrogen (secondary N) is 2. The first kappa shape index (κ1) is 19.1. The van der Waals surface area contributed by atoms with E-state index >= 15 is 0 Å². The summed E-state index contributed by atoms with van der Waals surface area (Å²) in [5.74, 6) is -0.200. The zero-order chi connectivity index (χ0) is 20.5. The van der Waals surface area contributed by atoms with Crippen LogP contribution in [0.25, 0.3) is 6.08 Å². The molecule has 3 aliphatic rings. The lowest BCUT2D eigenvalue weighted by molar-refractivity contribution is -0.116. The molecule has 2 N–H and O–H groups in total. The van der Waals surface area contributed by atoms with Crippen LogP contribution in [0, 0.1) is 0 Å². The second kappa shape index (κ2) is 8.12. The molecule has 0 atom stereocenters. The summed E-state index contributed by atoms with van der Waals surface area (Å²) in [5, 5.41) is 12.3. The summed E-state index contributed by atoms with van der Waals surface area (Å²) in [4.78, 5) is 21.1. The molecule has 156 valence electrons. The van der Waals surface area contributed by atoms with Crippen molar-refractivity contribution in [3.05, 3.63) is 52.1 Å². The van der Waals surface area contributed by atoms with Crippen LogP contribution >= 0.6 is 0 Å². The Morgan fingerprint density at radius 1 is 1.17 bits per heavy atom. The lowest BCUT2D eigenvalue weighted by Gasteiger charge is -2.32. The number of hydrazone groups is 1. The van der Waals surface area contributed by atoms with Gasteiger partial charge in [-0.2, -0.15) is 10.2 Å². The van der Waals surface area contributed by atoms with E-state index in [1.54, 1.807) is 12.3 Å². The Kier molecular flexibility index (Phi) is 5.18. The van der Waals surface area contributed by atoms with Crippen LogP contribution in [0.1, 0.15) is 41.1 Å². The Morgan fingerprint density at radius 3 is 2.80 bits per heavy atom. The molecule has 5 rings (SSSR count). The highest BCUT2D eigenvalue weighted by Gasteiger charge is 2.28. The summed E-state index contributed by atoms with van der Waals surface area (Å²) in [7, 11) is 2.18. The first-order valence-corrected chi connectivity index (χ1v) is 10.7. The van der Waals surface area contributed by atoms with Crippen LogP contribution in [-0.4, -0.2) is 69.8 Å². The number of hydrogen-bond acceptors (Lipinski definition) is 6. The van der Waals surface area contributed by atoms with Crippen LogP contribution in [0.5, 0.6) is 0 Å². The fourth-order valence-electron chi connectivity index (χ4n) is 4.55. The van der Waals surface area contributed by atoms with Gasteiger partial charge in [0.05, 0.1) is 5.57 Å². The van der Waals surface area contributed by atoms with Gasteiger partial charge < -0.3 is 9.88 Å². The zero-order valence-corrected chi connectivity index (χ0v) is 17.3. The van der Waals surface area contributed by atoms with Gasteiger partial charge in [0.15, 0.2) is 0 Å². The first-order chi connectivity index (χ1) is 14.7. The molecule has 30 heavy (non-hydrogen) atoms. The summed E-state index contributed by atoms with van der Waals surface area (Å²) < 4.78 is 0. The summed E-state index contributed by atoms with van der Waals surface area (Å²) in [6.45, 7) is 5.24. The standard InChI is InChI=1S/C22H27N7O/c1-28-9-11-29(12-10-28)14-17-15-5-2-3-6-18(15)24-20(17)13-16-21(26-27-22(16)30)19-7-4-8-23-25-19/h4,7-8,13,24H,2-3,5-6,9-12,14H2,1H3,(H,27,30)/b16-13+. The SMILES string of the molecule is CN1CCN(Cc2c(/C=C3/C(=O)NN=C3c3cccnn3)[nH]c3c2CCCC3)CC1. The van der Waals surface area contributed by atoms with Gasteiger partial charge in [-0.15, -0.1) is 5.10 Å². The lowest BCUT2D eigenvalue weighted by Crippen LogP contribution is -2.44. The van der Waals surface area contributed by atoms with Crippen molar-refractivity contribution in [1.82, 2.24) is 30.4 Å². The maximum atomic E-state index is 12.6. The van der Waals surface area contributed by atoms with E-state index in [-0.39, 0.29) is 5.91 Å². The number of rotatable bonds is 4. The van der Waals surface area contributed by atoms with Crippen molar-refractivity contribution in [3.8, 4) is 0 Å². The molecule has 4 heterocycles. The second-order valence-electron chi connectivity index (χ2n) is 8.33. The van der Waals surface area contributed by atoms with Crippen LogP contribution in [0.2, 0.25) is 0 Å². The van der Waals surface area contributed by atoms with Crippen molar-refractivity contribution in [2.75, 3.05) is 33.2 Å². The molecule has 1 fully saturated rings. The fraction of sp³-hybridized carbons (Fsp3) is 0.455. The van der Waals surface area contributed by atoms with E-state index in [2.05, 4.69) is 42.6 Å². The minimum Gasteiger partial charge on any atom is -0.358 e. The first-order valence-electron chi connectivity index (χ1n) is 10.7. The van der Waals surface area contributed by atoms with Gasteiger partial charge in [0.25, 0.3) is 5.91 Å². The highest BCUT2D eigenvalue weighted by atomic mass is 16.2. The van der Waals surface area contributed by atoms with Crippen LogP contribution in [-0.2, 0) is 24.2 Å². The topological polar surface area (TPSA) is 89.5 Å². The summed E-state index contributed by atoms with van der Waals surface area (Å²) in [6, 6.07) is 3.63. The minimum absolute atomic E-state index is 0.200. The van der Waals surface area contributed by atoms with Crippen molar-refractivity contribution in [2.45, 2.75) is 32.2 Å². The molecular weight excluding hydrogens is 378 g/mol. The predicted molar refractivity (Wildman–Crippen MR) is 115 cm³/mol. The number of carbonyl (C=O) groups excluding carboxylic acids is 1. The van der Waals surface area contributed by atoms with Gasteiger partial charge in [0.2, 0.25) is 0 Å². The normalized spacial score (nSPS) is 21.6. The Morgan fingerprint density at radius 2 is 2.00 bits per heavy atom. The molecule has 2 aliphatic heterocycles. The van der Waals surface area contributed by atoms with Crippen molar-refractivity contribution in [1.29, 1.82) is 0 Å². The summed E-state index contributed by atoms with van der Waals surface area (Å²) in [6.07, 6.45) is 8.19. The molecule has 0 aromatic carbocycles. The molecule has 0 spiro atoms. The van der Waals surface area contributed by atoms with E-state index in [0.29, 0.717) is 17.0 Å². The van der Waals surface area contributed by atoms with Crippen LogP contribution in [0.3, 0.4) is 0 Å². The molecule has 8 heteroatoms. The Balaban J connectivity index is 1.51. The van der Waals surface area contributed by atoms with Crippen molar-refractivity contribution < 1.29 is 4.79 Å². The molecule has 8 nitrogen and oxygen atoms in total. The second-order valence-corrected chi connectivity index (χ2v) is 8.33. The fourth-order valence-corrected chi connectivity index (χ4v) is 4.55. The number of likely N-dealkylation sites (N-methyl/N-ethyl adjacent to an activating group) is 1. The molecule has 0 saturated carbocycles. The van der Waals surface area contributed by atoms with Gasteiger partial charge in [0, 0.05) is 50.3 Å². The molecule has 0 bridgehead atoms. The molecule has 2 aromatic heterocycles. The number of aromatic amines is 1. The monoisotopic (exact) mass is 405 g/mol. The molecule has 1 saturated heterocycles. The quantitative estimate of drug-likeness (QED) is 0.750. The van der Waals surface area contributed by atoms with Crippen molar-refractivity contribution >= 4 is 17.7 Å². The van der Waals surface area contributed by atoms with Crippen molar-refractivity contribution in [3.63, 3.8) is 0 Å². The molecule has 1 amide bonds. The molecule has 0 unspecified atom stereocenters. The van der Waals surface area contributed by atoms with E-state index in [4.69, 9.17) is 0 Å². The van der Waals surface area contributed by atoms with Crippen LogP contribution in [0.15, 0.2) is 29.0 Å². The van der Waals surface area contributed by atoms with Crippen LogP contribution in [0.4, 0.5) is 0 Å². The predicted octanol–water partition coefficient (Wildman–Crippen LogP) is 1.35. The molecular formula is C22H27N7O. The van der Waals surface area contributed by atoms with E-state index in [0.717, 1.165) is 51.3 Å². The maximum Gasteiger partial charge on any atom is 0.273 e. The Hall–Kier alpha value is -2.84. The molecule has 1 aliphatic carbocycles. The van der Waals surface area contributed by atoms with Gasteiger partial charge in [-0.25, -0.2) is 5.43 Å². The maximum absolute atomic E-state index is 12.6. The Bertz CT molecular complexity index is 1000. The number of fused-ring (bicyclic) bond motifs is 1. The van der Waals surface area contributed by atoms with E-state index in [9.17, 15) is 4.79 Å². The third-order valence-corrected chi connectivity index (χ3v) is 6.29. The number of hydrogen-bond donors (Lipinski definition) is 2. The highest BCUT2D eigenvalue weighted by molar-refractivity contribution is 6.32. The largest absolute Gasteiger partial charge is 0.358 e. The average molecular weight is 406 g/mol. The molecule has 0 radical (unpaired) electrons. The summed E-state index contributed by atoms with van der Waals surface area (Å²) >= 11 is 0. The van der Waals surface area contributed by atoms with E-state index in [1.807, 2.05) is 12.1 Å². The minimum atomic E-state index is -0.200. The van der Waals surface area contributed by atoms with E-state index < -0.39 is 0 Å². The Labute approximate surface area is 176 Å². The third-order valence-electron chi connectivity index (χ3n) is 6.29. The van der Waals surface area contributed by atoms with Crippen LogP contribution < -0.4 is 5.43 Å². The number of aromatic nitrogens is 3. The number of piperazine rings is 1. The van der Waals surface area contributed by atoms with Gasteiger partial charge in [-0.05, 0) is 62.1 Å². The highest BCUT2D eigenvalue weighted by Crippen LogP contribution is 2.30. The number of nitrogens with zero attached hydrogens (tertiary/aromatic N) is 5. The number of carbonyl (C=O) groups is 1. The van der Waals surface area contributed by atoms with E-state index in [1.165, 1.54) is 29.7 Å². The van der Waals surface area contributed by atoms with Gasteiger partial charge >= 0.3 is 0 Å². The zero-order valence-electron chi connectivity index (χ0n) is 17.3. The third kappa shape index (κ3) is 3.68. The lowest BCUT2D eigenvalue weighted by atomic mass is 9.93. The smallest absolute Gasteiger partial charge is 0.273 e. The van der Waals surface area contributed by atoms with Crippen molar-refractivity contribution in [2.24, 2.45) is 5.10 Å². The number of amides is 1. The van der Waals surface area contributed by atoms with Gasteiger partial charge in [-0.1, -0.05) is 0 Å². The average Bonchev–Trinajstić information content (AvgIpc) is 3.31. The summed E-state index contributed by atoms with van der Waals surface area (Å²) in [5.41, 5.74) is 9.41. The number of H-pyrrole nitrogens is 1. The molecule has 2 aromatic rings. The number of aryl methyl sites for hydroxylation is 1.